The van der Waals surface area contributed by atoms with Crippen molar-refractivity contribution in [2.75, 3.05) is 44.9 Å². The number of anilines is 1. The largest absolute Gasteiger partial charge is 0.462 e. The molecule has 0 spiro atoms. The number of carbonyl (C=O) groups is 1. The van der Waals surface area contributed by atoms with Crippen LogP contribution in [0, 0.1) is 0 Å². The summed E-state index contributed by atoms with van der Waals surface area (Å²) in [5.41, 5.74) is 4.39. The van der Waals surface area contributed by atoms with Crippen molar-refractivity contribution in [3.8, 4) is 11.3 Å². The normalized spacial score (nSPS) is 15.7. The molecule has 0 unspecified atom stereocenters. The van der Waals surface area contributed by atoms with E-state index in [9.17, 15) is 9.18 Å². The van der Waals surface area contributed by atoms with E-state index in [1.54, 1.807) is 17.6 Å². The van der Waals surface area contributed by atoms with Crippen molar-refractivity contribution in [1.82, 2.24) is 29.0 Å². The lowest BCUT2D eigenvalue weighted by atomic mass is 10.1. The van der Waals surface area contributed by atoms with Crippen molar-refractivity contribution >= 4 is 28.5 Å². The lowest BCUT2D eigenvalue weighted by Crippen LogP contribution is -2.23. The summed E-state index contributed by atoms with van der Waals surface area (Å²) in [7, 11) is 2.00. The predicted molar refractivity (Wildman–Crippen MR) is 152 cm³/mol. The molecule has 0 aliphatic carbocycles. The maximum Gasteiger partial charge on any atom is 0.343 e. The van der Waals surface area contributed by atoms with Gasteiger partial charge in [-0.1, -0.05) is 30.3 Å². The molecule has 1 fully saturated rings. The first-order chi connectivity index (χ1) is 19.6. The van der Waals surface area contributed by atoms with Crippen LogP contribution in [0.5, 0.6) is 0 Å². The fourth-order valence-electron chi connectivity index (χ4n) is 5.58. The first-order valence-electron chi connectivity index (χ1n) is 13.6. The second-order valence-corrected chi connectivity index (χ2v) is 10.1. The molecule has 6 rings (SSSR count). The van der Waals surface area contributed by atoms with Crippen LogP contribution in [0.3, 0.4) is 0 Å². The Labute approximate surface area is 231 Å². The van der Waals surface area contributed by atoms with Crippen LogP contribution >= 0.6 is 0 Å². The minimum absolute atomic E-state index is 0.187. The molecular weight excluding hydrogens is 509 g/mol. The summed E-state index contributed by atoms with van der Waals surface area (Å²) in [6.07, 6.45) is 6.34. The Morgan fingerprint density at radius 1 is 1.18 bits per heavy atom. The number of fused-ring (bicyclic) bond motifs is 2. The van der Waals surface area contributed by atoms with Crippen molar-refractivity contribution in [3.05, 3.63) is 78.2 Å². The molecule has 1 aliphatic heterocycles. The summed E-state index contributed by atoms with van der Waals surface area (Å²) in [5, 5.41) is 5.50. The van der Waals surface area contributed by atoms with Crippen molar-refractivity contribution < 1.29 is 13.9 Å². The summed E-state index contributed by atoms with van der Waals surface area (Å²) < 4.78 is 22.2. The molecule has 4 aromatic heterocycles. The number of nitrogens with zero attached hydrogens (tertiary/aromatic N) is 7. The van der Waals surface area contributed by atoms with Crippen LogP contribution in [0.4, 0.5) is 10.2 Å². The van der Waals surface area contributed by atoms with E-state index in [0.717, 1.165) is 47.5 Å². The summed E-state index contributed by atoms with van der Waals surface area (Å²) >= 11 is 0. The van der Waals surface area contributed by atoms with Gasteiger partial charge in [0.2, 0.25) is 0 Å². The first-order valence-corrected chi connectivity index (χ1v) is 13.6. The summed E-state index contributed by atoms with van der Waals surface area (Å²) in [6.45, 7) is 4.41. The minimum Gasteiger partial charge on any atom is -0.462 e. The molecule has 5 heterocycles. The van der Waals surface area contributed by atoms with E-state index in [2.05, 4.69) is 37.8 Å². The number of rotatable bonds is 9. The number of esters is 1. The Kier molecular flexibility index (Phi) is 7.17. The van der Waals surface area contributed by atoms with Gasteiger partial charge in [0.25, 0.3) is 0 Å². The van der Waals surface area contributed by atoms with Crippen LogP contribution in [-0.2, 0) is 11.3 Å². The van der Waals surface area contributed by atoms with Gasteiger partial charge in [0, 0.05) is 68.7 Å². The van der Waals surface area contributed by atoms with Gasteiger partial charge in [0.1, 0.15) is 23.7 Å². The van der Waals surface area contributed by atoms with Crippen LogP contribution in [-0.4, -0.2) is 75.0 Å². The quantitative estimate of drug-likeness (QED) is 0.249. The van der Waals surface area contributed by atoms with Crippen molar-refractivity contribution in [1.29, 1.82) is 0 Å². The molecule has 1 saturated heterocycles. The SMILES string of the molecule is CCOC(=O)c1cnn2c(N(C)Cc3ccccc3)cc(-c3cn([C@@H]4CCN(CCF)C4)c4ncccc34)nc12. The summed E-state index contributed by atoms with van der Waals surface area (Å²) in [6, 6.07) is 16.4. The molecule has 1 aliphatic rings. The molecule has 0 bridgehead atoms. The molecule has 5 aromatic rings. The van der Waals surface area contributed by atoms with Gasteiger partial charge < -0.3 is 14.2 Å². The smallest absolute Gasteiger partial charge is 0.343 e. The second-order valence-electron chi connectivity index (χ2n) is 10.1. The van der Waals surface area contributed by atoms with Crippen LogP contribution in [0.2, 0.25) is 0 Å². The lowest BCUT2D eigenvalue weighted by Gasteiger charge is -2.21. The summed E-state index contributed by atoms with van der Waals surface area (Å²) in [5.74, 6) is 0.334. The zero-order valence-electron chi connectivity index (χ0n) is 22.7. The molecule has 9 nitrogen and oxygen atoms in total. The third-order valence-corrected chi connectivity index (χ3v) is 7.51. The van der Waals surface area contributed by atoms with Gasteiger partial charge in [-0.2, -0.15) is 9.61 Å². The Bertz CT molecular complexity index is 1650. The van der Waals surface area contributed by atoms with E-state index in [-0.39, 0.29) is 19.3 Å². The molecule has 0 saturated carbocycles. The van der Waals surface area contributed by atoms with E-state index >= 15 is 0 Å². The highest BCUT2D eigenvalue weighted by Crippen LogP contribution is 2.35. The number of hydrogen-bond acceptors (Lipinski definition) is 7. The van der Waals surface area contributed by atoms with E-state index < -0.39 is 5.97 Å². The Hall–Kier alpha value is -4.31. The molecule has 10 heteroatoms. The topological polar surface area (TPSA) is 80.8 Å². The van der Waals surface area contributed by atoms with Gasteiger partial charge >= 0.3 is 5.97 Å². The Balaban J connectivity index is 1.49. The highest BCUT2D eigenvalue weighted by molar-refractivity contribution is 5.98. The standard InChI is InChI=1S/C30H32FN7O2/c1-3-40-30(39)24-17-33-38-27(35(2)18-21-8-5-4-6-9-21)16-26(34-29(24)38)25-20-37(28-23(25)10-7-13-32-28)22-11-14-36(19-22)15-12-31/h4-10,13,16-17,20,22H,3,11-12,14-15,18-19H2,1-2H3/t22-/m1/s1. The molecule has 0 N–H and O–H groups in total. The first kappa shape index (κ1) is 25.9. The lowest BCUT2D eigenvalue weighted by molar-refractivity contribution is 0.0528. The maximum atomic E-state index is 13.0. The Morgan fingerprint density at radius 3 is 2.83 bits per heavy atom. The predicted octanol–water partition coefficient (Wildman–Crippen LogP) is 4.78. The van der Waals surface area contributed by atoms with Crippen molar-refractivity contribution in [2.45, 2.75) is 25.9 Å². The van der Waals surface area contributed by atoms with Crippen LogP contribution < -0.4 is 4.90 Å². The molecule has 0 amide bonds. The maximum absolute atomic E-state index is 13.0. The van der Waals surface area contributed by atoms with E-state index in [1.165, 1.54) is 6.20 Å². The van der Waals surface area contributed by atoms with Gasteiger partial charge in [0.15, 0.2) is 5.65 Å². The monoisotopic (exact) mass is 541 g/mol. The number of hydrogen-bond donors (Lipinski definition) is 0. The van der Waals surface area contributed by atoms with E-state index in [4.69, 9.17) is 14.7 Å². The molecule has 206 valence electrons. The fraction of sp³-hybridized carbons (Fsp3) is 0.333. The highest BCUT2D eigenvalue weighted by atomic mass is 19.1. The molecular formula is C30H32FN7O2. The van der Waals surface area contributed by atoms with Gasteiger partial charge in [-0.05, 0) is 31.0 Å². The highest BCUT2D eigenvalue weighted by Gasteiger charge is 2.27. The molecule has 0 radical (unpaired) electrons. The molecule has 1 aromatic carbocycles. The summed E-state index contributed by atoms with van der Waals surface area (Å²) in [4.78, 5) is 26.8. The molecule has 40 heavy (non-hydrogen) atoms. The average Bonchev–Trinajstić information content (AvgIpc) is 3.70. The van der Waals surface area contributed by atoms with Crippen LogP contribution in [0.25, 0.3) is 27.9 Å². The van der Waals surface area contributed by atoms with Crippen molar-refractivity contribution in [2.24, 2.45) is 0 Å². The third-order valence-electron chi connectivity index (χ3n) is 7.51. The fourth-order valence-corrected chi connectivity index (χ4v) is 5.58. The zero-order valence-corrected chi connectivity index (χ0v) is 22.7. The van der Waals surface area contributed by atoms with Crippen molar-refractivity contribution in [3.63, 3.8) is 0 Å². The number of pyridine rings is 1. The van der Waals surface area contributed by atoms with Gasteiger partial charge in [-0.15, -0.1) is 0 Å². The number of halogens is 1. The average molecular weight is 542 g/mol. The van der Waals surface area contributed by atoms with Crippen LogP contribution in [0.1, 0.15) is 35.3 Å². The number of likely N-dealkylation sites (tertiary alicyclic amines) is 1. The number of aromatic nitrogens is 5. The van der Waals surface area contributed by atoms with E-state index in [0.29, 0.717) is 30.0 Å². The van der Waals surface area contributed by atoms with Gasteiger partial charge in [-0.25, -0.2) is 19.2 Å². The number of carbonyl (C=O) groups excluding carboxylic acids is 1. The van der Waals surface area contributed by atoms with Gasteiger partial charge in [0.05, 0.1) is 18.5 Å². The minimum atomic E-state index is -0.457. The Morgan fingerprint density at radius 2 is 2.02 bits per heavy atom. The number of benzene rings is 1. The van der Waals surface area contributed by atoms with Crippen LogP contribution in [0.15, 0.2) is 67.1 Å². The number of alkyl halides is 1. The van der Waals surface area contributed by atoms with E-state index in [1.807, 2.05) is 43.4 Å². The number of ether oxygens (including phenoxy) is 1. The third kappa shape index (κ3) is 4.79. The molecule has 1 atom stereocenters. The second kappa shape index (κ2) is 11.1. The zero-order chi connectivity index (χ0) is 27.6. The van der Waals surface area contributed by atoms with Gasteiger partial charge in [-0.3, -0.25) is 4.90 Å².